The van der Waals surface area contributed by atoms with Crippen LogP contribution in [-0.2, 0) is 6.42 Å². The molecule has 0 aliphatic rings. The highest BCUT2D eigenvalue weighted by atomic mass is 16.1. The minimum atomic E-state index is -0.00380. The molecule has 1 rings (SSSR count). The Kier molecular flexibility index (Phi) is 2.69. The van der Waals surface area contributed by atoms with Crippen LogP contribution in [0, 0.1) is 0 Å². The second-order valence-corrected chi connectivity index (χ2v) is 3.27. The Hall–Kier alpha value is -1.05. The molecule has 12 heavy (non-hydrogen) atoms. The Morgan fingerprint density at radius 1 is 1.50 bits per heavy atom. The fourth-order valence-corrected chi connectivity index (χ4v) is 1.34. The lowest BCUT2D eigenvalue weighted by Crippen LogP contribution is -2.10. The molecule has 0 spiro atoms. The first-order valence-corrected chi connectivity index (χ1v) is 4.37. The largest absolute Gasteiger partial charge is 0.326 e. The normalized spacial score (nSPS) is 10.7. The van der Waals surface area contributed by atoms with Gasteiger partial charge in [0, 0.05) is 13.2 Å². The van der Waals surface area contributed by atoms with Crippen LogP contribution in [0.2, 0.25) is 0 Å². The highest BCUT2D eigenvalue weighted by Gasteiger charge is 2.04. The van der Waals surface area contributed by atoms with Crippen molar-refractivity contribution in [3.63, 3.8) is 0 Å². The number of pyridine rings is 1. The van der Waals surface area contributed by atoms with Crippen molar-refractivity contribution in [2.24, 2.45) is 0 Å². The second kappa shape index (κ2) is 3.57. The Morgan fingerprint density at radius 2 is 2.17 bits per heavy atom. The predicted molar refractivity (Wildman–Crippen MR) is 52.6 cm³/mol. The molecule has 0 radical (unpaired) electrons. The van der Waals surface area contributed by atoms with E-state index in [4.69, 9.17) is 0 Å². The first kappa shape index (κ1) is 9.04. The summed E-state index contributed by atoms with van der Waals surface area (Å²) in [6.07, 6.45) is 0.976. The highest BCUT2D eigenvalue weighted by Crippen LogP contribution is 2.14. The van der Waals surface area contributed by atoms with Crippen LogP contribution in [0.4, 0.5) is 0 Å². The van der Waals surface area contributed by atoms with Gasteiger partial charge in [0.1, 0.15) is 0 Å². The van der Waals surface area contributed by atoms with Crippen LogP contribution < -0.4 is 5.56 Å². The van der Waals surface area contributed by atoms with Gasteiger partial charge in [0.25, 0.3) is 0 Å². The molecule has 1 heterocycles. The first-order chi connectivity index (χ1) is 5.65. The van der Waals surface area contributed by atoms with E-state index in [1.165, 1.54) is 5.56 Å². The Balaban J connectivity index is 0.00000144. The Bertz CT molecular complexity index is 317. The number of hydrogen-bond acceptors (Lipinski definition) is 1. The van der Waals surface area contributed by atoms with Crippen LogP contribution in [-0.4, -0.2) is 4.98 Å². The van der Waals surface area contributed by atoms with Crippen LogP contribution in [0.15, 0.2) is 16.9 Å². The molecule has 1 N–H and O–H groups in total. The van der Waals surface area contributed by atoms with Crippen LogP contribution >= 0.6 is 0 Å². The lowest BCUT2D eigenvalue weighted by molar-refractivity contribution is 0.793. The van der Waals surface area contributed by atoms with Crippen molar-refractivity contribution < 1.29 is 1.43 Å². The van der Waals surface area contributed by atoms with Gasteiger partial charge in [-0.15, -0.1) is 0 Å². The van der Waals surface area contributed by atoms with Crippen molar-refractivity contribution >= 4 is 0 Å². The summed E-state index contributed by atoms with van der Waals surface area (Å²) in [6.45, 7) is 6.27. The standard InChI is InChI=1S/C10H15NO.H2/c1-4-8-5-6-9(12)11-10(8)7(2)3;/h5-7H,4H2,1-3H3,(H,11,12);1H. The molecule has 2 heteroatoms. The van der Waals surface area contributed by atoms with Gasteiger partial charge in [-0.05, 0) is 17.9 Å². The van der Waals surface area contributed by atoms with Crippen molar-refractivity contribution in [3.8, 4) is 0 Å². The van der Waals surface area contributed by atoms with Gasteiger partial charge in [0.15, 0.2) is 0 Å². The topological polar surface area (TPSA) is 32.9 Å². The van der Waals surface area contributed by atoms with Crippen molar-refractivity contribution in [3.05, 3.63) is 33.7 Å². The molecule has 0 saturated heterocycles. The first-order valence-electron chi connectivity index (χ1n) is 4.37. The maximum atomic E-state index is 11.0. The van der Waals surface area contributed by atoms with Gasteiger partial charge >= 0.3 is 0 Å². The van der Waals surface area contributed by atoms with E-state index >= 15 is 0 Å². The molecule has 0 amide bonds. The van der Waals surface area contributed by atoms with Gasteiger partial charge in [-0.3, -0.25) is 4.79 Å². The van der Waals surface area contributed by atoms with E-state index in [-0.39, 0.29) is 6.99 Å². The minimum absolute atomic E-state index is 0. The van der Waals surface area contributed by atoms with E-state index in [0.717, 1.165) is 12.1 Å². The van der Waals surface area contributed by atoms with E-state index in [1.807, 2.05) is 6.07 Å². The molecule has 0 aliphatic heterocycles. The number of aromatic amines is 1. The van der Waals surface area contributed by atoms with Crippen LogP contribution in [0.3, 0.4) is 0 Å². The van der Waals surface area contributed by atoms with Gasteiger partial charge < -0.3 is 4.98 Å². The predicted octanol–water partition coefficient (Wildman–Crippen LogP) is 2.31. The van der Waals surface area contributed by atoms with E-state index in [9.17, 15) is 4.79 Å². The maximum absolute atomic E-state index is 11.0. The summed E-state index contributed by atoms with van der Waals surface area (Å²) in [4.78, 5) is 13.9. The lowest BCUT2D eigenvalue weighted by atomic mass is 10.0. The molecule has 68 valence electrons. The molecule has 0 atom stereocenters. The molecular formula is C10H17NO. The third kappa shape index (κ3) is 1.76. The molecule has 1 aromatic heterocycles. The highest BCUT2D eigenvalue weighted by molar-refractivity contribution is 5.22. The van der Waals surface area contributed by atoms with Crippen LogP contribution in [0.25, 0.3) is 0 Å². The summed E-state index contributed by atoms with van der Waals surface area (Å²) < 4.78 is 0. The van der Waals surface area contributed by atoms with Gasteiger partial charge in [-0.25, -0.2) is 0 Å². The zero-order valence-electron chi connectivity index (χ0n) is 7.85. The molecule has 0 aromatic carbocycles. The third-order valence-corrected chi connectivity index (χ3v) is 2.00. The van der Waals surface area contributed by atoms with E-state index < -0.39 is 0 Å². The van der Waals surface area contributed by atoms with Crippen LogP contribution in [0.5, 0.6) is 0 Å². The quantitative estimate of drug-likeness (QED) is 0.720. The van der Waals surface area contributed by atoms with Gasteiger partial charge in [-0.2, -0.15) is 0 Å². The van der Waals surface area contributed by atoms with Gasteiger partial charge in [-0.1, -0.05) is 26.8 Å². The summed E-state index contributed by atoms with van der Waals surface area (Å²) in [5.74, 6) is 0.397. The summed E-state index contributed by atoms with van der Waals surface area (Å²) >= 11 is 0. The Morgan fingerprint density at radius 3 is 2.67 bits per heavy atom. The lowest BCUT2D eigenvalue weighted by Gasteiger charge is -2.09. The molecule has 2 nitrogen and oxygen atoms in total. The molecule has 0 aliphatic carbocycles. The van der Waals surface area contributed by atoms with E-state index in [1.54, 1.807) is 6.07 Å². The fraction of sp³-hybridized carbons (Fsp3) is 0.500. The molecule has 0 bridgehead atoms. The monoisotopic (exact) mass is 167 g/mol. The SMILES string of the molecule is CCc1ccc(=O)[nH]c1C(C)C.[HH]. The Labute approximate surface area is 74.1 Å². The van der Waals surface area contributed by atoms with Crippen molar-refractivity contribution in [2.75, 3.05) is 0 Å². The summed E-state index contributed by atoms with van der Waals surface area (Å²) in [7, 11) is 0. The zero-order chi connectivity index (χ0) is 9.14. The average Bonchev–Trinajstić information content (AvgIpc) is 2.04. The van der Waals surface area contributed by atoms with Gasteiger partial charge in [0.05, 0.1) is 0 Å². The smallest absolute Gasteiger partial charge is 0.248 e. The number of hydrogen-bond donors (Lipinski definition) is 1. The van der Waals surface area contributed by atoms with Crippen molar-refractivity contribution in [1.29, 1.82) is 0 Å². The number of aromatic nitrogens is 1. The molecular weight excluding hydrogens is 150 g/mol. The number of aryl methyl sites for hydroxylation is 1. The average molecular weight is 167 g/mol. The van der Waals surface area contributed by atoms with Gasteiger partial charge in [0.2, 0.25) is 5.56 Å². The summed E-state index contributed by atoms with van der Waals surface area (Å²) in [6, 6.07) is 3.50. The molecule has 1 aromatic rings. The number of H-pyrrole nitrogens is 1. The zero-order valence-corrected chi connectivity index (χ0v) is 7.85. The van der Waals surface area contributed by atoms with E-state index in [2.05, 4.69) is 25.8 Å². The number of rotatable bonds is 2. The molecule has 0 fully saturated rings. The summed E-state index contributed by atoms with van der Waals surface area (Å²) in [5.41, 5.74) is 2.31. The second-order valence-electron chi connectivity index (χ2n) is 3.27. The van der Waals surface area contributed by atoms with Crippen LogP contribution in [0.1, 0.15) is 39.4 Å². The fourth-order valence-electron chi connectivity index (χ4n) is 1.34. The molecule has 0 saturated carbocycles. The number of nitrogens with one attached hydrogen (secondary N) is 1. The van der Waals surface area contributed by atoms with Crippen molar-refractivity contribution in [1.82, 2.24) is 4.98 Å². The molecule has 0 unspecified atom stereocenters. The third-order valence-electron chi connectivity index (χ3n) is 2.00. The van der Waals surface area contributed by atoms with E-state index in [0.29, 0.717) is 5.92 Å². The van der Waals surface area contributed by atoms with Crippen molar-refractivity contribution in [2.45, 2.75) is 33.1 Å². The summed E-state index contributed by atoms with van der Waals surface area (Å²) in [5, 5.41) is 0. The maximum Gasteiger partial charge on any atom is 0.248 e. The minimum Gasteiger partial charge on any atom is -0.326 e.